The Bertz CT molecular complexity index is 1100. The van der Waals surface area contributed by atoms with Crippen LogP contribution < -0.4 is 10.1 Å². The number of rotatable bonds is 7. The smallest absolute Gasteiger partial charge is 0.270 e. The van der Waals surface area contributed by atoms with E-state index in [0.29, 0.717) is 31.9 Å². The van der Waals surface area contributed by atoms with E-state index in [1.807, 2.05) is 59.5 Å². The molecule has 1 aliphatic carbocycles. The molecule has 1 aliphatic heterocycles. The lowest BCUT2D eigenvalue weighted by Gasteiger charge is -2.39. The topological polar surface area (TPSA) is 83.9 Å². The highest BCUT2D eigenvalue weighted by molar-refractivity contribution is 5.99. The van der Waals surface area contributed by atoms with Crippen LogP contribution in [-0.4, -0.2) is 71.4 Å². The van der Waals surface area contributed by atoms with Gasteiger partial charge in [0, 0.05) is 50.6 Å². The van der Waals surface area contributed by atoms with Gasteiger partial charge < -0.3 is 24.4 Å². The average Bonchev–Trinajstić information content (AvgIpc) is 3.26. The van der Waals surface area contributed by atoms with Gasteiger partial charge in [0.2, 0.25) is 11.8 Å². The van der Waals surface area contributed by atoms with Crippen molar-refractivity contribution in [1.29, 1.82) is 0 Å². The molecule has 3 amide bonds. The Kier molecular flexibility index (Phi) is 8.21. The highest BCUT2D eigenvalue weighted by Crippen LogP contribution is 2.28. The molecule has 0 unspecified atom stereocenters. The number of hydrogen-bond donors (Lipinski definition) is 1. The van der Waals surface area contributed by atoms with Crippen LogP contribution in [0.1, 0.15) is 62.9 Å². The molecule has 2 aliphatic rings. The van der Waals surface area contributed by atoms with Crippen LogP contribution in [0.15, 0.2) is 24.3 Å². The quantitative estimate of drug-likeness (QED) is 0.635. The summed E-state index contributed by atoms with van der Waals surface area (Å²) >= 11 is 0. The molecule has 1 N–H and O–H groups in total. The van der Waals surface area contributed by atoms with Crippen LogP contribution in [0.4, 0.5) is 0 Å². The fraction of sp³-hybridized carbons (Fsp3) is 0.607. The number of aryl methyl sites for hydroxylation is 1. The van der Waals surface area contributed by atoms with E-state index in [9.17, 15) is 14.4 Å². The van der Waals surface area contributed by atoms with Gasteiger partial charge in [0.1, 0.15) is 17.5 Å². The summed E-state index contributed by atoms with van der Waals surface area (Å²) in [6.45, 7) is 5.81. The lowest BCUT2D eigenvalue weighted by molar-refractivity contribution is -0.140. The largest absolute Gasteiger partial charge is 0.497 e. The maximum absolute atomic E-state index is 13.6. The van der Waals surface area contributed by atoms with E-state index in [1.54, 1.807) is 7.11 Å². The van der Waals surface area contributed by atoms with Crippen molar-refractivity contribution in [2.24, 2.45) is 18.9 Å². The van der Waals surface area contributed by atoms with E-state index in [4.69, 9.17) is 4.74 Å². The van der Waals surface area contributed by atoms with E-state index >= 15 is 0 Å². The lowest BCUT2D eigenvalue weighted by atomic mass is 9.83. The average molecular weight is 497 g/mol. The number of piperazine rings is 1. The van der Waals surface area contributed by atoms with E-state index in [1.165, 1.54) is 6.42 Å². The van der Waals surface area contributed by atoms with E-state index < -0.39 is 6.04 Å². The Balaban J connectivity index is 1.43. The van der Waals surface area contributed by atoms with Crippen LogP contribution in [-0.2, 0) is 16.6 Å². The monoisotopic (exact) mass is 496 g/mol. The number of carbonyl (C=O) groups excluding carboxylic acids is 3. The minimum absolute atomic E-state index is 0.00218. The second-order valence-electron chi connectivity index (χ2n) is 10.3. The zero-order valence-electron chi connectivity index (χ0n) is 22.1. The van der Waals surface area contributed by atoms with Crippen LogP contribution in [0.5, 0.6) is 5.75 Å². The fourth-order valence-electron chi connectivity index (χ4n) is 5.46. The molecular weight excluding hydrogens is 456 g/mol. The Morgan fingerprint density at radius 1 is 1.03 bits per heavy atom. The molecular formula is C28H40N4O4. The number of nitrogens with one attached hydrogen (secondary N) is 1. The van der Waals surface area contributed by atoms with Gasteiger partial charge in [-0.3, -0.25) is 14.4 Å². The third-order valence-electron chi connectivity index (χ3n) is 8.10. The summed E-state index contributed by atoms with van der Waals surface area (Å²) in [5, 5.41) is 4.09. The van der Waals surface area contributed by atoms with Crippen molar-refractivity contribution in [2.75, 3.05) is 33.3 Å². The number of carbonyl (C=O) groups is 3. The van der Waals surface area contributed by atoms with Gasteiger partial charge in [-0.2, -0.15) is 0 Å². The minimum Gasteiger partial charge on any atom is -0.497 e. The third-order valence-corrected chi connectivity index (χ3v) is 8.10. The summed E-state index contributed by atoms with van der Waals surface area (Å²) in [5.74, 6) is 0.757. The van der Waals surface area contributed by atoms with Crippen LogP contribution in [0.3, 0.4) is 0 Å². The van der Waals surface area contributed by atoms with Crippen molar-refractivity contribution >= 4 is 28.6 Å². The number of benzene rings is 1. The second-order valence-corrected chi connectivity index (χ2v) is 10.3. The molecule has 2 heterocycles. The fourth-order valence-corrected chi connectivity index (χ4v) is 5.46. The van der Waals surface area contributed by atoms with Crippen molar-refractivity contribution in [1.82, 2.24) is 19.7 Å². The van der Waals surface area contributed by atoms with Gasteiger partial charge in [0.15, 0.2) is 0 Å². The SMILES string of the molecule is CC[C@@H](C)C(=O)N[C@H](C(=O)N1CCN(C(=O)c2cc3ccc(OC)cc3n2C)CC1)C1CCCCC1. The molecule has 8 heteroatoms. The molecule has 0 radical (unpaired) electrons. The molecule has 1 aromatic carbocycles. The Hall–Kier alpha value is -3.03. The maximum Gasteiger partial charge on any atom is 0.270 e. The normalized spacial score (nSPS) is 18.7. The van der Waals surface area contributed by atoms with Crippen LogP contribution >= 0.6 is 0 Å². The number of methoxy groups -OCH3 is 1. The molecule has 2 atom stereocenters. The highest BCUT2D eigenvalue weighted by atomic mass is 16.5. The summed E-state index contributed by atoms with van der Waals surface area (Å²) < 4.78 is 7.24. The first-order chi connectivity index (χ1) is 17.3. The van der Waals surface area contributed by atoms with Crippen LogP contribution in [0.2, 0.25) is 0 Å². The van der Waals surface area contributed by atoms with Crippen molar-refractivity contribution in [2.45, 2.75) is 58.4 Å². The Morgan fingerprint density at radius 3 is 2.33 bits per heavy atom. The van der Waals surface area contributed by atoms with Gasteiger partial charge in [0.05, 0.1) is 12.6 Å². The molecule has 1 saturated heterocycles. The number of nitrogens with zero attached hydrogens (tertiary/aromatic N) is 3. The number of hydrogen-bond acceptors (Lipinski definition) is 4. The first-order valence-electron chi connectivity index (χ1n) is 13.4. The first-order valence-corrected chi connectivity index (χ1v) is 13.4. The van der Waals surface area contributed by atoms with Gasteiger partial charge in [-0.15, -0.1) is 0 Å². The minimum atomic E-state index is -0.470. The predicted octanol–water partition coefficient (Wildman–Crippen LogP) is 3.58. The van der Waals surface area contributed by atoms with E-state index in [-0.39, 0.29) is 29.6 Å². The summed E-state index contributed by atoms with van der Waals surface area (Å²) in [6, 6.07) is 7.23. The zero-order valence-corrected chi connectivity index (χ0v) is 22.1. The molecule has 196 valence electrons. The first kappa shape index (κ1) is 26.0. The Morgan fingerprint density at radius 2 is 1.69 bits per heavy atom. The molecule has 8 nitrogen and oxygen atoms in total. The van der Waals surface area contributed by atoms with Gasteiger partial charge in [-0.05, 0) is 43.4 Å². The zero-order chi connectivity index (χ0) is 25.8. The molecule has 1 aromatic heterocycles. The molecule has 36 heavy (non-hydrogen) atoms. The van der Waals surface area contributed by atoms with Gasteiger partial charge in [-0.25, -0.2) is 0 Å². The van der Waals surface area contributed by atoms with Gasteiger partial charge in [0.25, 0.3) is 5.91 Å². The molecule has 1 saturated carbocycles. The molecule has 0 bridgehead atoms. The predicted molar refractivity (Wildman–Crippen MR) is 140 cm³/mol. The molecule has 4 rings (SSSR count). The van der Waals surface area contributed by atoms with Gasteiger partial charge >= 0.3 is 0 Å². The van der Waals surface area contributed by atoms with Crippen molar-refractivity contribution in [3.05, 3.63) is 30.0 Å². The highest BCUT2D eigenvalue weighted by Gasteiger charge is 2.36. The third kappa shape index (κ3) is 5.37. The molecule has 0 spiro atoms. The summed E-state index contributed by atoms with van der Waals surface area (Å²) in [7, 11) is 3.52. The summed E-state index contributed by atoms with van der Waals surface area (Å²) in [5.41, 5.74) is 1.57. The number of ether oxygens (including phenoxy) is 1. The standard InChI is InChI=1S/C28H40N4O4/c1-5-19(2)26(33)29-25(20-9-7-6-8-10-20)28(35)32-15-13-31(14-16-32)27(34)24-17-21-11-12-22(36-4)18-23(21)30(24)3/h11-12,17-20,25H,5-10,13-16H2,1-4H3,(H,29,33)/t19-,25+/m1/s1. The Labute approximate surface area is 213 Å². The van der Waals surface area contributed by atoms with Crippen LogP contribution in [0.25, 0.3) is 10.9 Å². The lowest BCUT2D eigenvalue weighted by Crippen LogP contribution is -2.58. The van der Waals surface area contributed by atoms with Crippen LogP contribution in [0, 0.1) is 11.8 Å². The van der Waals surface area contributed by atoms with Gasteiger partial charge in [-0.1, -0.05) is 33.1 Å². The molecule has 2 fully saturated rings. The van der Waals surface area contributed by atoms with Crippen molar-refractivity contribution < 1.29 is 19.1 Å². The number of aromatic nitrogens is 1. The maximum atomic E-state index is 13.6. The number of fused-ring (bicyclic) bond motifs is 1. The summed E-state index contributed by atoms with van der Waals surface area (Å²) in [6.07, 6.45) is 6.10. The van der Waals surface area contributed by atoms with E-state index in [0.717, 1.165) is 48.8 Å². The molecule has 2 aromatic rings. The van der Waals surface area contributed by atoms with E-state index in [2.05, 4.69) is 5.32 Å². The van der Waals surface area contributed by atoms with Crippen molar-refractivity contribution in [3.63, 3.8) is 0 Å². The second kappa shape index (κ2) is 11.4. The summed E-state index contributed by atoms with van der Waals surface area (Å²) in [4.78, 5) is 43.4. The van der Waals surface area contributed by atoms with Crippen molar-refractivity contribution in [3.8, 4) is 5.75 Å². The number of amides is 3.